The third kappa shape index (κ3) is 3.53. The molecule has 0 unspecified atom stereocenters. The second-order valence-electron chi connectivity index (χ2n) is 5.55. The third-order valence-corrected chi connectivity index (χ3v) is 3.79. The maximum absolute atomic E-state index is 13.1. The number of nitrogens with two attached hydrogens (primary N) is 1. The Bertz CT molecular complexity index is 1010. The van der Waals surface area contributed by atoms with Crippen molar-refractivity contribution in [3.05, 3.63) is 53.9 Å². The number of nitrogens with one attached hydrogen (secondary N) is 1. The number of carbonyl (C=O) groups is 1. The van der Waals surface area contributed by atoms with E-state index in [2.05, 4.69) is 9.97 Å². The van der Waals surface area contributed by atoms with Crippen LogP contribution in [-0.4, -0.2) is 23.0 Å². The molecule has 5 nitrogen and oxygen atoms in total. The van der Waals surface area contributed by atoms with Crippen molar-refractivity contribution in [2.45, 2.75) is 6.18 Å². The monoisotopic (exact) mass is 361 g/mol. The van der Waals surface area contributed by atoms with Crippen LogP contribution in [0.15, 0.2) is 42.7 Å². The Balaban J connectivity index is 2.13. The maximum Gasteiger partial charge on any atom is 0.416 e. The van der Waals surface area contributed by atoms with Gasteiger partial charge in [-0.1, -0.05) is 0 Å². The number of pyridine rings is 1. The van der Waals surface area contributed by atoms with Crippen molar-refractivity contribution in [3.63, 3.8) is 0 Å². The molecule has 0 aliphatic carbocycles. The van der Waals surface area contributed by atoms with Gasteiger partial charge in [-0.15, -0.1) is 0 Å². The molecule has 0 aliphatic heterocycles. The zero-order valence-electron chi connectivity index (χ0n) is 13.6. The molecule has 3 N–H and O–H groups in total. The van der Waals surface area contributed by atoms with E-state index in [0.717, 1.165) is 12.1 Å². The molecule has 0 bridgehead atoms. The van der Waals surface area contributed by atoms with Crippen molar-refractivity contribution < 1.29 is 22.7 Å². The predicted octanol–water partition coefficient (Wildman–Crippen LogP) is 3.76. The van der Waals surface area contributed by atoms with Crippen LogP contribution >= 0.6 is 0 Å². The van der Waals surface area contributed by atoms with Crippen molar-refractivity contribution in [1.29, 1.82) is 0 Å². The Morgan fingerprint density at radius 2 is 2.00 bits per heavy atom. The average molecular weight is 361 g/mol. The molecule has 0 fully saturated rings. The van der Waals surface area contributed by atoms with E-state index in [-0.39, 0.29) is 5.75 Å². The van der Waals surface area contributed by atoms with Crippen molar-refractivity contribution in [2.24, 2.45) is 5.73 Å². The molecular weight excluding hydrogens is 347 g/mol. The van der Waals surface area contributed by atoms with Crippen molar-refractivity contribution >= 4 is 23.0 Å². The van der Waals surface area contributed by atoms with Crippen LogP contribution in [0.1, 0.15) is 11.1 Å². The largest absolute Gasteiger partial charge is 0.497 e. The van der Waals surface area contributed by atoms with E-state index in [1.54, 1.807) is 12.3 Å². The average Bonchev–Trinajstić information content (AvgIpc) is 3.01. The van der Waals surface area contributed by atoms with Gasteiger partial charge in [0.1, 0.15) is 11.4 Å². The Labute approximate surface area is 146 Å². The number of aromatic nitrogens is 2. The molecule has 26 heavy (non-hydrogen) atoms. The lowest BCUT2D eigenvalue weighted by Crippen LogP contribution is -2.05. The molecule has 0 spiro atoms. The van der Waals surface area contributed by atoms with E-state index in [0.29, 0.717) is 27.7 Å². The fraction of sp³-hybridized carbons (Fsp3) is 0.111. The lowest BCUT2D eigenvalue weighted by Gasteiger charge is -2.12. The molecule has 3 aromatic rings. The van der Waals surface area contributed by atoms with Gasteiger partial charge in [0.05, 0.1) is 12.7 Å². The minimum atomic E-state index is -4.50. The highest BCUT2D eigenvalue weighted by molar-refractivity contribution is 5.95. The second-order valence-corrected chi connectivity index (χ2v) is 5.55. The molecule has 0 aliphatic rings. The summed E-state index contributed by atoms with van der Waals surface area (Å²) in [5.74, 6) is -0.510. The summed E-state index contributed by atoms with van der Waals surface area (Å²) in [6.07, 6.45) is 1.31. The Morgan fingerprint density at radius 3 is 2.65 bits per heavy atom. The molecular formula is C18H14F3N3O2. The van der Waals surface area contributed by atoms with E-state index < -0.39 is 17.6 Å². The molecule has 8 heteroatoms. The third-order valence-electron chi connectivity index (χ3n) is 3.79. The summed E-state index contributed by atoms with van der Waals surface area (Å²) in [6, 6.07) is 5.17. The number of benzene rings is 1. The molecule has 0 radical (unpaired) electrons. The van der Waals surface area contributed by atoms with E-state index >= 15 is 0 Å². The van der Waals surface area contributed by atoms with Gasteiger partial charge in [0.15, 0.2) is 0 Å². The number of nitrogens with zero attached hydrogens (tertiary/aromatic N) is 1. The van der Waals surface area contributed by atoms with Gasteiger partial charge in [0.2, 0.25) is 5.91 Å². The van der Waals surface area contributed by atoms with Crippen LogP contribution in [0.5, 0.6) is 5.75 Å². The van der Waals surface area contributed by atoms with Crippen LogP contribution in [0.4, 0.5) is 13.2 Å². The molecule has 1 aromatic carbocycles. The Kier molecular flexibility index (Phi) is 4.41. The summed E-state index contributed by atoms with van der Waals surface area (Å²) in [5, 5.41) is 0.649. The molecule has 134 valence electrons. The maximum atomic E-state index is 13.1. The first-order valence-corrected chi connectivity index (χ1v) is 7.49. The number of rotatable bonds is 4. The fourth-order valence-electron chi connectivity index (χ4n) is 2.54. The smallest absolute Gasteiger partial charge is 0.416 e. The quantitative estimate of drug-likeness (QED) is 0.695. The number of halogens is 3. The highest BCUT2D eigenvalue weighted by Crippen LogP contribution is 2.36. The molecule has 0 atom stereocenters. The number of primary amides is 1. The summed E-state index contributed by atoms with van der Waals surface area (Å²) in [6.45, 7) is 0. The van der Waals surface area contributed by atoms with Crippen LogP contribution in [0.3, 0.4) is 0 Å². The van der Waals surface area contributed by atoms with E-state index in [1.165, 1.54) is 31.5 Å². The predicted molar refractivity (Wildman–Crippen MR) is 91.3 cm³/mol. The Hall–Kier alpha value is -3.29. The minimum Gasteiger partial charge on any atom is -0.497 e. The SMILES string of the molecule is COc1cc(-c2cnc3[nH]cc(C=CC(N)=O)c3c2)cc(C(F)(F)F)c1. The van der Waals surface area contributed by atoms with Crippen LogP contribution < -0.4 is 10.5 Å². The van der Waals surface area contributed by atoms with Gasteiger partial charge in [-0.05, 0) is 35.9 Å². The lowest BCUT2D eigenvalue weighted by molar-refractivity contribution is -0.137. The number of H-pyrrole nitrogens is 1. The number of aromatic amines is 1. The van der Waals surface area contributed by atoms with Gasteiger partial charge in [0, 0.05) is 35.0 Å². The lowest BCUT2D eigenvalue weighted by atomic mass is 10.0. The van der Waals surface area contributed by atoms with Crippen molar-refractivity contribution in [2.75, 3.05) is 7.11 Å². The zero-order chi connectivity index (χ0) is 18.9. The number of hydrogen-bond acceptors (Lipinski definition) is 3. The molecule has 0 saturated carbocycles. The summed E-state index contributed by atoms with van der Waals surface area (Å²) in [4.78, 5) is 18.1. The topological polar surface area (TPSA) is 81.0 Å². The molecule has 3 rings (SSSR count). The van der Waals surface area contributed by atoms with Gasteiger partial charge in [0.25, 0.3) is 0 Å². The van der Waals surface area contributed by atoms with E-state index in [4.69, 9.17) is 10.5 Å². The normalized spacial score (nSPS) is 12.0. The van der Waals surface area contributed by atoms with E-state index in [9.17, 15) is 18.0 Å². The van der Waals surface area contributed by atoms with Crippen LogP contribution in [0.25, 0.3) is 28.2 Å². The number of methoxy groups -OCH3 is 1. The second kappa shape index (κ2) is 6.55. The summed E-state index contributed by atoms with van der Waals surface area (Å²) < 4.78 is 44.3. The van der Waals surface area contributed by atoms with Crippen molar-refractivity contribution in [3.8, 4) is 16.9 Å². The number of fused-ring (bicyclic) bond motifs is 1. The summed E-state index contributed by atoms with van der Waals surface area (Å²) in [7, 11) is 1.31. The van der Waals surface area contributed by atoms with Crippen LogP contribution in [-0.2, 0) is 11.0 Å². The van der Waals surface area contributed by atoms with Crippen molar-refractivity contribution in [1.82, 2.24) is 9.97 Å². The summed E-state index contributed by atoms with van der Waals surface area (Å²) in [5.41, 5.74) is 6.26. The highest BCUT2D eigenvalue weighted by atomic mass is 19.4. The van der Waals surface area contributed by atoms with Gasteiger partial charge < -0.3 is 15.5 Å². The van der Waals surface area contributed by atoms with Gasteiger partial charge in [-0.2, -0.15) is 13.2 Å². The first-order valence-electron chi connectivity index (χ1n) is 7.49. The summed E-state index contributed by atoms with van der Waals surface area (Å²) >= 11 is 0. The van der Waals surface area contributed by atoms with Gasteiger partial charge >= 0.3 is 6.18 Å². The molecule has 2 heterocycles. The molecule has 1 amide bonds. The fourth-order valence-corrected chi connectivity index (χ4v) is 2.54. The first-order chi connectivity index (χ1) is 12.3. The van der Waals surface area contributed by atoms with Crippen LogP contribution in [0, 0.1) is 0 Å². The van der Waals surface area contributed by atoms with Gasteiger partial charge in [-0.3, -0.25) is 4.79 Å². The first kappa shape index (κ1) is 17.5. The van der Waals surface area contributed by atoms with Gasteiger partial charge in [-0.25, -0.2) is 4.98 Å². The number of alkyl halides is 3. The zero-order valence-corrected chi connectivity index (χ0v) is 13.6. The number of amides is 1. The van der Waals surface area contributed by atoms with E-state index in [1.807, 2.05) is 0 Å². The number of hydrogen-bond donors (Lipinski definition) is 2. The highest BCUT2D eigenvalue weighted by Gasteiger charge is 2.31. The minimum absolute atomic E-state index is 0.0952. The molecule has 2 aromatic heterocycles. The number of carbonyl (C=O) groups excluding carboxylic acids is 1. The standard InChI is InChI=1S/C18H14F3N3O2/c1-26-14-5-11(4-13(7-14)18(19,20)21)12-6-15-10(2-3-16(22)25)8-23-17(15)24-9-12/h2-9H,1H3,(H2,22,25)(H,23,24). The number of ether oxygens (including phenoxy) is 1. The molecule has 0 saturated heterocycles. The Morgan fingerprint density at radius 1 is 1.23 bits per heavy atom. The van der Waals surface area contributed by atoms with Crippen LogP contribution in [0.2, 0.25) is 0 Å².